The Morgan fingerprint density at radius 1 is 1.39 bits per heavy atom. The van der Waals surface area contributed by atoms with Gasteiger partial charge in [0.15, 0.2) is 5.76 Å². The molecular formula is C15H15Cl2N3O2S. The molecule has 1 fully saturated rings. The zero-order chi connectivity index (χ0) is 16.4. The van der Waals surface area contributed by atoms with E-state index in [4.69, 9.17) is 27.7 Å². The van der Waals surface area contributed by atoms with Crippen LogP contribution in [-0.2, 0) is 0 Å². The highest BCUT2D eigenvalue weighted by atomic mass is 35.5. The van der Waals surface area contributed by atoms with Crippen LogP contribution < -0.4 is 10.6 Å². The minimum Gasteiger partial charge on any atom is -0.359 e. The van der Waals surface area contributed by atoms with Crippen molar-refractivity contribution in [2.75, 3.05) is 16.8 Å². The van der Waals surface area contributed by atoms with Crippen LogP contribution in [0.2, 0.25) is 10.0 Å². The van der Waals surface area contributed by atoms with Crippen LogP contribution >= 0.6 is 35.0 Å². The van der Waals surface area contributed by atoms with E-state index in [1.54, 1.807) is 25.1 Å². The summed E-state index contributed by atoms with van der Waals surface area (Å²) in [6.07, 6.45) is 0.976. The second kappa shape index (κ2) is 7.03. The molecule has 0 spiro atoms. The van der Waals surface area contributed by atoms with E-state index in [-0.39, 0.29) is 12.1 Å². The van der Waals surface area contributed by atoms with E-state index in [1.807, 2.05) is 11.8 Å². The molecule has 122 valence electrons. The molecule has 2 heterocycles. The van der Waals surface area contributed by atoms with Crippen LogP contribution in [0.3, 0.4) is 0 Å². The number of urea groups is 1. The number of nitrogens with zero attached hydrogens (tertiary/aromatic N) is 1. The van der Waals surface area contributed by atoms with E-state index in [2.05, 4.69) is 15.8 Å². The first-order valence-corrected chi connectivity index (χ1v) is 9.03. The molecule has 0 bridgehead atoms. The molecular weight excluding hydrogens is 357 g/mol. The Labute approximate surface area is 148 Å². The monoisotopic (exact) mass is 371 g/mol. The first-order chi connectivity index (χ1) is 11.1. The van der Waals surface area contributed by atoms with Gasteiger partial charge in [-0.25, -0.2) is 4.79 Å². The molecule has 1 aromatic carbocycles. The Bertz CT molecular complexity index is 709. The topological polar surface area (TPSA) is 67.2 Å². The van der Waals surface area contributed by atoms with Gasteiger partial charge in [-0.1, -0.05) is 34.4 Å². The molecule has 0 unspecified atom stereocenters. The Hall–Kier alpha value is -1.37. The van der Waals surface area contributed by atoms with Crippen molar-refractivity contribution in [1.29, 1.82) is 0 Å². The van der Waals surface area contributed by atoms with Crippen molar-refractivity contribution >= 4 is 46.7 Å². The molecule has 1 aliphatic heterocycles. The van der Waals surface area contributed by atoms with Crippen LogP contribution in [0.5, 0.6) is 0 Å². The van der Waals surface area contributed by atoms with Gasteiger partial charge in [0.25, 0.3) is 0 Å². The smallest absolute Gasteiger partial charge is 0.319 e. The van der Waals surface area contributed by atoms with Gasteiger partial charge in [-0.05, 0) is 31.2 Å². The van der Waals surface area contributed by atoms with Gasteiger partial charge >= 0.3 is 6.03 Å². The largest absolute Gasteiger partial charge is 0.359 e. The number of aromatic nitrogens is 1. The van der Waals surface area contributed by atoms with E-state index < -0.39 is 0 Å². The van der Waals surface area contributed by atoms with Crippen molar-refractivity contribution in [2.45, 2.75) is 19.4 Å². The summed E-state index contributed by atoms with van der Waals surface area (Å²) < 4.78 is 5.22. The van der Waals surface area contributed by atoms with Crippen molar-refractivity contribution in [3.05, 3.63) is 34.0 Å². The number of hydrogen-bond acceptors (Lipinski definition) is 4. The number of benzene rings is 1. The number of anilines is 1. The number of halogens is 2. The highest BCUT2D eigenvalue weighted by molar-refractivity contribution is 7.99. The fraction of sp³-hybridized carbons (Fsp3) is 0.333. The molecule has 1 aliphatic rings. The van der Waals surface area contributed by atoms with Gasteiger partial charge in [0.2, 0.25) is 0 Å². The van der Waals surface area contributed by atoms with Crippen LogP contribution in [0.25, 0.3) is 11.3 Å². The van der Waals surface area contributed by atoms with Gasteiger partial charge in [-0.15, -0.1) is 0 Å². The summed E-state index contributed by atoms with van der Waals surface area (Å²) in [5, 5.41) is 10.6. The summed E-state index contributed by atoms with van der Waals surface area (Å²) >= 11 is 14.3. The van der Waals surface area contributed by atoms with E-state index >= 15 is 0 Å². The van der Waals surface area contributed by atoms with Crippen molar-refractivity contribution in [1.82, 2.24) is 10.5 Å². The molecule has 2 amide bonds. The highest BCUT2D eigenvalue weighted by Gasteiger charge is 2.23. The average molecular weight is 372 g/mol. The number of amides is 2. The molecule has 0 saturated carbocycles. The lowest BCUT2D eigenvalue weighted by atomic mass is 10.1. The van der Waals surface area contributed by atoms with Crippen LogP contribution in [0.1, 0.15) is 12.2 Å². The fourth-order valence-electron chi connectivity index (χ4n) is 2.40. The van der Waals surface area contributed by atoms with Crippen molar-refractivity contribution in [3.63, 3.8) is 0 Å². The maximum Gasteiger partial charge on any atom is 0.319 e. The molecule has 23 heavy (non-hydrogen) atoms. The lowest BCUT2D eigenvalue weighted by Gasteiger charge is -2.13. The molecule has 5 nitrogen and oxygen atoms in total. The normalized spacial score (nSPS) is 17.3. The average Bonchev–Trinajstić information content (AvgIpc) is 3.11. The number of nitrogens with one attached hydrogen (secondary N) is 2. The first-order valence-electron chi connectivity index (χ1n) is 7.12. The minimum atomic E-state index is -0.284. The summed E-state index contributed by atoms with van der Waals surface area (Å²) in [6.45, 7) is 1.72. The Morgan fingerprint density at radius 3 is 2.78 bits per heavy atom. The quantitative estimate of drug-likeness (QED) is 0.827. The van der Waals surface area contributed by atoms with Crippen molar-refractivity contribution in [2.24, 2.45) is 0 Å². The minimum absolute atomic E-state index is 0.188. The second-order valence-corrected chi connectivity index (χ2v) is 7.18. The Kier molecular flexibility index (Phi) is 5.04. The zero-order valence-corrected chi connectivity index (χ0v) is 14.7. The van der Waals surface area contributed by atoms with Crippen LogP contribution in [0.4, 0.5) is 10.5 Å². The summed E-state index contributed by atoms with van der Waals surface area (Å²) in [5.41, 5.74) is 1.44. The van der Waals surface area contributed by atoms with Gasteiger partial charge in [0.1, 0.15) is 11.4 Å². The molecule has 1 atom stereocenters. The molecule has 1 aromatic heterocycles. The zero-order valence-electron chi connectivity index (χ0n) is 12.4. The number of hydrogen-bond donors (Lipinski definition) is 2. The lowest BCUT2D eigenvalue weighted by Crippen LogP contribution is -2.37. The predicted octanol–water partition coefficient (Wildman–Crippen LogP) is 4.58. The standard InChI is InChI=1S/C15H15Cl2N3O2S/c1-8-13(19-15(21)18-9-5-6-23-7-9)14(20-22-8)12-10(16)3-2-4-11(12)17/h2-4,9H,5-7H2,1H3,(H2,18,19,21)/t9-/m1/s1. The summed E-state index contributed by atoms with van der Waals surface area (Å²) in [6, 6.07) is 5.08. The maximum absolute atomic E-state index is 12.2. The molecule has 8 heteroatoms. The third kappa shape index (κ3) is 3.59. The van der Waals surface area contributed by atoms with Gasteiger partial charge in [0, 0.05) is 17.4 Å². The predicted molar refractivity (Wildman–Crippen MR) is 94.6 cm³/mol. The fourth-order valence-corrected chi connectivity index (χ4v) is 4.13. The third-order valence-corrected chi connectivity index (χ3v) is 5.36. The number of aryl methyl sites for hydroxylation is 1. The molecule has 3 rings (SSSR count). The third-order valence-electron chi connectivity index (χ3n) is 3.57. The van der Waals surface area contributed by atoms with Gasteiger partial charge in [0.05, 0.1) is 10.0 Å². The van der Waals surface area contributed by atoms with Crippen LogP contribution in [0, 0.1) is 6.92 Å². The maximum atomic E-state index is 12.2. The Morgan fingerprint density at radius 2 is 2.13 bits per heavy atom. The molecule has 0 radical (unpaired) electrons. The first kappa shape index (κ1) is 16.5. The van der Waals surface area contributed by atoms with Gasteiger partial charge in [-0.2, -0.15) is 11.8 Å². The van der Waals surface area contributed by atoms with E-state index in [9.17, 15) is 4.79 Å². The molecule has 0 aliphatic carbocycles. The molecule has 1 saturated heterocycles. The highest BCUT2D eigenvalue weighted by Crippen LogP contribution is 2.39. The number of carbonyl (C=O) groups is 1. The SMILES string of the molecule is Cc1onc(-c2c(Cl)cccc2Cl)c1NC(=O)N[C@@H]1CCSC1. The summed E-state index contributed by atoms with van der Waals surface area (Å²) in [5.74, 6) is 2.49. The van der Waals surface area contributed by atoms with Crippen molar-refractivity contribution in [3.8, 4) is 11.3 Å². The summed E-state index contributed by atoms with van der Waals surface area (Å²) in [7, 11) is 0. The van der Waals surface area contributed by atoms with Crippen LogP contribution in [-0.4, -0.2) is 28.7 Å². The summed E-state index contributed by atoms with van der Waals surface area (Å²) in [4.78, 5) is 12.2. The molecule has 2 aromatic rings. The number of thioether (sulfide) groups is 1. The van der Waals surface area contributed by atoms with Gasteiger partial charge in [-0.3, -0.25) is 0 Å². The van der Waals surface area contributed by atoms with E-state index in [0.717, 1.165) is 17.9 Å². The Balaban J connectivity index is 1.85. The van der Waals surface area contributed by atoms with E-state index in [0.29, 0.717) is 32.8 Å². The second-order valence-electron chi connectivity index (χ2n) is 5.22. The van der Waals surface area contributed by atoms with Crippen LogP contribution in [0.15, 0.2) is 22.7 Å². The lowest BCUT2D eigenvalue weighted by molar-refractivity contribution is 0.249. The molecule has 2 N–H and O–H groups in total. The number of rotatable bonds is 3. The van der Waals surface area contributed by atoms with E-state index in [1.165, 1.54) is 0 Å². The van der Waals surface area contributed by atoms with Crippen molar-refractivity contribution < 1.29 is 9.32 Å². The number of carbonyl (C=O) groups excluding carboxylic acids is 1. The van der Waals surface area contributed by atoms with Gasteiger partial charge < -0.3 is 15.2 Å².